The minimum absolute atomic E-state index is 0.0296. The lowest BCUT2D eigenvalue weighted by Gasteiger charge is -2.40. The van der Waals surface area contributed by atoms with Crippen molar-refractivity contribution in [3.63, 3.8) is 0 Å². The van der Waals surface area contributed by atoms with Crippen molar-refractivity contribution >= 4 is 17.6 Å². The topological polar surface area (TPSA) is 73.3 Å². The van der Waals surface area contributed by atoms with Crippen LogP contribution in [0.4, 0.5) is 5.69 Å². The maximum absolute atomic E-state index is 12.9. The van der Waals surface area contributed by atoms with Gasteiger partial charge in [0.1, 0.15) is 12.3 Å². The average Bonchev–Trinajstić information content (AvgIpc) is 2.84. The van der Waals surface area contributed by atoms with E-state index in [9.17, 15) is 9.59 Å². The summed E-state index contributed by atoms with van der Waals surface area (Å²) >= 11 is 0. The Kier molecular flexibility index (Phi) is 6.55. The molecule has 0 saturated carbocycles. The van der Waals surface area contributed by atoms with Gasteiger partial charge in [0.05, 0.1) is 18.3 Å². The fraction of sp³-hybridized carbons (Fsp3) is 0.600. The van der Waals surface area contributed by atoms with Crippen molar-refractivity contribution in [1.82, 2.24) is 9.80 Å². The molecule has 0 aromatic heterocycles. The first-order valence-electron chi connectivity index (χ1n) is 9.81. The normalized spacial score (nSPS) is 21.8. The second-order valence-corrected chi connectivity index (χ2v) is 7.09. The Morgan fingerprint density at radius 3 is 2.59 bits per heavy atom. The molecule has 1 unspecified atom stereocenters. The van der Waals surface area contributed by atoms with Gasteiger partial charge in [0, 0.05) is 32.7 Å². The first-order valence-corrected chi connectivity index (χ1v) is 9.81. The first-order chi connectivity index (χ1) is 13.1. The zero-order valence-corrected chi connectivity index (χ0v) is 16.0. The molecule has 7 heteroatoms. The Bertz CT molecular complexity index is 658. The van der Waals surface area contributed by atoms with Gasteiger partial charge in [0.15, 0.2) is 0 Å². The number of likely N-dealkylation sites (tertiary alicyclic amines) is 1. The summed E-state index contributed by atoms with van der Waals surface area (Å²) < 4.78 is 5.75. The number of carbonyl (C=O) groups excluding carboxylic acids is 1. The van der Waals surface area contributed by atoms with Crippen molar-refractivity contribution in [2.45, 2.75) is 32.2 Å². The minimum Gasteiger partial charge on any atom is -0.492 e. The lowest BCUT2D eigenvalue weighted by molar-refractivity contribution is -0.146. The molecule has 1 aromatic carbocycles. The number of rotatable bonds is 6. The van der Waals surface area contributed by atoms with Gasteiger partial charge >= 0.3 is 5.97 Å². The van der Waals surface area contributed by atoms with Crippen molar-refractivity contribution in [3.8, 4) is 5.75 Å². The number of hydrogen-bond donors (Lipinski definition) is 1. The van der Waals surface area contributed by atoms with E-state index in [4.69, 9.17) is 9.84 Å². The highest BCUT2D eigenvalue weighted by atomic mass is 16.5. The van der Waals surface area contributed by atoms with Crippen LogP contribution in [0.3, 0.4) is 0 Å². The van der Waals surface area contributed by atoms with E-state index in [0.717, 1.165) is 56.9 Å². The molecule has 1 N–H and O–H groups in total. The largest absolute Gasteiger partial charge is 0.492 e. The van der Waals surface area contributed by atoms with Crippen LogP contribution in [0.5, 0.6) is 5.75 Å². The molecule has 0 spiro atoms. The number of aliphatic carboxylic acids is 1. The highest BCUT2D eigenvalue weighted by Crippen LogP contribution is 2.29. The lowest BCUT2D eigenvalue weighted by atomic mass is 10.1. The minimum atomic E-state index is -0.943. The third kappa shape index (κ3) is 4.71. The van der Waals surface area contributed by atoms with Crippen LogP contribution < -0.4 is 9.64 Å². The molecule has 2 heterocycles. The van der Waals surface area contributed by atoms with Crippen LogP contribution in [0.1, 0.15) is 26.2 Å². The highest BCUT2D eigenvalue weighted by Gasteiger charge is 2.34. The van der Waals surface area contributed by atoms with E-state index in [1.807, 2.05) is 25.1 Å². The quantitative estimate of drug-likeness (QED) is 0.815. The Morgan fingerprint density at radius 2 is 1.89 bits per heavy atom. The highest BCUT2D eigenvalue weighted by molar-refractivity contribution is 5.85. The van der Waals surface area contributed by atoms with E-state index in [0.29, 0.717) is 13.2 Å². The van der Waals surface area contributed by atoms with E-state index in [2.05, 4.69) is 15.9 Å². The lowest BCUT2D eigenvalue weighted by Crippen LogP contribution is -2.55. The summed E-state index contributed by atoms with van der Waals surface area (Å²) in [4.78, 5) is 30.0. The Labute approximate surface area is 160 Å². The van der Waals surface area contributed by atoms with Crippen LogP contribution in [0.2, 0.25) is 0 Å². The van der Waals surface area contributed by atoms with Gasteiger partial charge in [-0.15, -0.1) is 0 Å². The van der Waals surface area contributed by atoms with Crippen molar-refractivity contribution in [1.29, 1.82) is 0 Å². The average molecular weight is 375 g/mol. The second kappa shape index (κ2) is 9.08. The van der Waals surface area contributed by atoms with E-state index in [1.165, 1.54) is 4.90 Å². The number of ether oxygens (including phenoxy) is 1. The van der Waals surface area contributed by atoms with Gasteiger partial charge in [0.2, 0.25) is 5.91 Å². The number of nitrogens with zero attached hydrogens (tertiary/aromatic N) is 3. The summed E-state index contributed by atoms with van der Waals surface area (Å²) in [6.07, 6.45) is 2.64. The number of piperazine rings is 1. The molecular formula is C20H29N3O4. The number of amides is 1. The van der Waals surface area contributed by atoms with Gasteiger partial charge < -0.3 is 19.6 Å². The molecule has 2 fully saturated rings. The summed E-state index contributed by atoms with van der Waals surface area (Å²) in [6.45, 7) is 6.19. The Morgan fingerprint density at radius 1 is 1.15 bits per heavy atom. The zero-order valence-electron chi connectivity index (χ0n) is 16.0. The molecule has 0 bridgehead atoms. The van der Waals surface area contributed by atoms with Gasteiger partial charge in [-0.2, -0.15) is 0 Å². The standard InChI is InChI=1S/C20H29N3O4/c1-2-27-18-9-4-3-7-16(18)21-11-13-22(14-12-21)17-8-5-6-10-23(20(17)26)15-19(24)25/h3-4,7,9,17H,2,5-6,8,10-15H2,1H3,(H,24,25). The fourth-order valence-corrected chi connectivity index (χ4v) is 4.01. The number of hydrogen-bond acceptors (Lipinski definition) is 5. The summed E-state index contributed by atoms with van der Waals surface area (Å²) in [7, 11) is 0. The molecule has 1 atom stereocenters. The van der Waals surface area contributed by atoms with Crippen LogP contribution in [0.15, 0.2) is 24.3 Å². The van der Waals surface area contributed by atoms with E-state index >= 15 is 0 Å². The van der Waals surface area contributed by atoms with Gasteiger partial charge in [-0.25, -0.2) is 0 Å². The number of carbonyl (C=O) groups is 2. The predicted molar refractivity (Wildman–Crippen MR) is 103 cm³/mol. The maximum atomic E-state index is 12.9. The smallest absolute Gasteiger partial charge is 0.323 e. The zero-order chi connectivity index (χ0) is 19.2. The SMILES string of the molecule is CCOc1ccccc1N1CCN(C2CCCCN(CC(=O)O)C2=O)CC1. The van der Waals surface area contributed by atoms with Crippen LogP contribution in [-0.2, 0) is 9.59 Å². The van der Waals surface area contributed by atoms with Crippen LogP contribution in [0, 0.1) is 0 Å². The molecule has 0 radical (unpaired) electrons. The summed E-state index contributed by atoms with van der Waals surface area (Å²) in [5, 5.41) is 9.08. The van der Waals surface area contributed by atoms with Crippen molar-refractivity contribution in [2.24, 2.45) is 0 Å². The van der Waals surface area contributed by atoms with E-state index in [-0.39, 0.29) is 18.5 Å². The number of carboxylic acid groups (broad SMARTS) is 1. The number of anilines is 1. The molecule has 27 heavy (non-hydrogen) atoms. The van der Waals surface area contributed by atoms with Gasteiger partial charge in [-0.05, 0) is 38.3 Å². The fourth-order valence-electron chi connectivity index (χ4n) is 4.01. The monoisotopic (exact) mass is 375 g/mol. The molecule has 2 saturated heterocycles. The summed E-state index contributed by atoms with van der Waals surface area (Å²) in [6, 6.07) is 7.86. The number of carboxylic acids is 1. The molecular weight excluding hydrogens is 346 g/mol. The van der Waals surface area contributed by atoms with Gasteiger partial charge in [-0.3, -0.25) is 14.5 Å². The second-order valence-electron chi connectivity index (χ2n) is 7.09. The molecule has 2 aliphatic rings. The van der Waals surface area contributed by atoms with Crippen molar-refractivity contribution in [2.75, 3.05) is 50.8 Å². The molecule has 1 aromatic rings. The summed E-state index contributed by atoms with van der Waals surface area (Å²) in [5.41, 5.74) is 1.10. The predicted octanol–water partition coefficient (Wildman–Crippen LogP) is 1.67. The Hall–Kier alpha value is -2.28. The van der Waals surface area contributed by atoms with Crippen LogP contribution >= 0.6 is 0 Å². The van der Waals surface area contributed by atoms with Crippen LogP contribution in [0.25, 0.3) is 0 Å². The number of para-hydroxylation sites is 2. The Balaban J connectivity index is 1.64. The van der Waals surface area contributed by atoms with Gasteiger partial charge in [0.25, 0.3) is 0 Å². The molecule has 7 nitrogen and oxygen atoms in total. The van der Waals surface area contributed by atoms with E-state index in [1.54, 1.807) is 0 Å². The van der Waals surface area contributed by atoms with Crippen LogP contribution in [-0.4, -0.2) is 78.7 Å². The maximum Gasteiger partial charge on any atom is 0.323 e. The van der Waals surface area contributed by atoms with Gasteiger partial charge in [-0.1, -0.05) is 12.1 Å². The van der Waals surface area contributed by atoms with Crippen molar-refractivity contribution in [3.05, 3.63) is 24.3 Å². The third-order valence-electron chi connectivity index (χ3n) is 5.34. The number of benzene rings is 1. The molecule has 2 aliphatic heterocycles. The van der Waals surface area contributed by atoms with E-state index < -0.39 is 5.97 Å². The summed E-state index contributed by atoms with van der Waals surface area (Å²) in [5.74, 6) is -0.0777. The molecule has 3 rings (SSSR count). The third-order valence-corrected chi connectivity index (χ3v) is 5.34. The van der Waals surface area contributed by atoms with Crippen molar-refractivity contribution < 1.29 is 19.4 Å². The molecule has 1 amide bonds. The molecule has 0 aliphatic carbocycles. The first kappa shape index (κ1) is 19.5. The molecule has 148 valence electrons.